The van der Waals surface area contributed by atoms with E-state index in [9.17, 15) is 10.5 Å². The average molecular weight is 441 g/mol. The van der Waals surface area contributed by atoms with Gasteiger partial charge in [-0.05, 0) is 84.9 Å². The van der Waals surface area contributed by atoms with Crippen LogP contribution in [0.15, 0.2) is 0 Å². The molecule has 0 amide bonds. The summed E-state index contributed by atoms with van der Waals surface area (Å²) in [4.78, 5) is 0. The van der Waals surface area contributed by atoms with Gasteiger partial charge in [0, 0.05) is 11.8 Å². The molecule has 0 aromatic rings. The maximum Gasteiger partial charge on any atom is 0.0656 e. The summed E-state index contributed by atoms with van der Waals surface area (Å²) in [5.41, 5.74) is 1.02. The van der Waals surface area contributed by atoms with Gasteiger partial charge in [0.1, 0.15) is 0 Å². The van der Waals surface area contributed by atoms with Gasteiger partial charge in [-0.2, -0.15) is 10.5 Å². The van der Waals surface area contributed by atoms with E-state index in [2.05, 4.69) is 67.5 Å². The largest absolute Gasteiger partial charge is 0.198 e. The van der Waals surface area contributed by atoms with Gasteiger partial charge in [-0.3, -0.25) is 0 Å². The highest BCUT2D eigenvalue weighted by Crippen LogP contribution is 2.70. The first-order valence-corrected chi connectivity index (χ1v) is 13.8. The van der Waals surface area contributed by atoms with E-state index in [0.717, 1.165) is 38.0 Å². The molecule has 8 unspecified atom stereocenters. The minimum Gasteiger partial charge on any atom is -0.198 e. The van der Waals surface area contributed by atoms with Crippen LogP contribution in [0, 0.1) is 74.4 Å². The topological polar surface area (TPSA) is 47.6 Å². The van der Waals surface area contributed by atoms with E-state index in [4.69, 9.17) is 0 Å². The number of hydrogen-bond acceptors (Lipinski definition) is 2. The van der Waals surface area contributed by atoms with E-state index in [1.54, 1.807) is 0 Å². The Balaban J connectivity index is 2.13. The monoisotopic (exact) mass is 440 g/mol. The van der Waals surface area contributed by atoms with Gasteiger partial charge in [0.05, 0.1) is 12.1 Å². The predicted octanol–water partition coefficient (Wildman–Crippen LogP) is 9.17. The van der Waals surface area contributed by atoms with Crippen molar-refractivity contribution in [1.82, 2.24) is 0 Å². The first-order chi connectivity index (χ1) is 15.0. The van der Waals surface area contributed by atoms with Crippen LogP contribution >= 0.6 is 0 Å². The van der Waals surface area contributed by atoms with Crippen molar-refractivity contribution in [3.8, 4) is 12.1 Å². The fraction of sp³-hybridized carbons (Fsp3) is 0.933. The normalized spacial score (nSPS) is 38.6. The van der Waals surface area contributed by atoms with Crippen molar-refractivity contribution in [3.05, 3.63) is 0 Å². The van der Waals surface area contributed by atoms with Crippen molar-refractivity contribution in [2.75, 3.05) is 0 Å². The lowest BCUT2D eigenvalue weighted by Crippen LogP contribution is -2.59. The maximum absolute atomic E-state index is 10.0. The van der Waals surface area contributed by atoms with Gasteiger partial charge in [0.15, 0.2) is 0 Å². The molecule has 2 rings (SSSR count). The van der Waals surface area contributed by atoms with Crippen LogP contribution in [0.3, 0.4) is 0 Å². The Bertz CT molecular complexity index is 686. The molecule has 0 aliphatic heterocycles. The van der Waals surface area contributed by atoms with Crippen molar-refractivity contribution in [3.63, 3.8) is 0 Å². The van der Waals surface area contributed by atoms with Crippen molar-refractivity contribution in [2.24, 2.45) is 51.8 Å². The smallest absolute Gasteiger partial charge is 0.0656 e. The van der Waals surface area contributed by atoms with Gasteiger partial charge in [-0.25, -0.2) is 0 Å². The van der Waals surface area contributed by atoms with Crippen LogP contribution in [0.1, 0.15) is 126 Å². The van der Waals surface area contributed by atoms with Crippen molar-refractivity contribution >= 4 is 0 Å². The summed E-state index contributed by atoms with van der Waals surface area (Å²) in [6.07, 6.45) is 12.8. The van der Waals surface area contributed by atoms with Crippen LogP contribution in [0.5, 0.6) is 0 Å². The van der Waals surface area contributed by atoms with E-state index >= 15 is 0 Å². The van der Waals surface area contributed by atoms with Crippen molar-refractivity contribution < 1.29 is 0 Å². The Morgan fingerprint density at radius 2 is 1.53 bits per heavy atom. The fourth-order valence-electron chi connectivity index (χ4n) is 8.03. The Labute approximate surface area is 200 Å². The average Bonchev–Trinajstić information content (AvgIpc) is 2.79. The summed E-state index contributed by atoms with van der Waals surface area (Å²) in [5.74, 6) is 2.77. The lowest BCUT2D eigenvalue weighted by Gasteiger charge is -2.67. The van der Waals surface area contributed by atoms with Gasteiger partial charge < -0.3 is 0 Å². The summed E-state index contributed by atoms with van der Waals surface area (Å²) >= 11 is 0. The summed E-state index contributed by atoms with van der Waals surface area (Å²) in [7, 11) is 0. The second-order valence-corrected chi connectivity index (χ2v) is 12.6. The zero-order valence-corrected chi connectivity index (χ0v) is 22.6. The molecule has 0 bridgehead atoms. The Kier molecular flexibility index (Phi) is 9.31. The van der Waals surface area contributed by atoms with E-state index < -0.39 is 0 Å². The maximum atomic E-state index is 10.0. The molecule has 2 nitrogen and oxygen atoms in total. The summed E-state index contributed by atoms with van der Waals surface area (Å²) in [5, 5.41) is 19.9. The van der Waals surface area contributed by atoms with Gasteiger partial charge in [-0.15, -0.1) is 0 Å². The number of rotatable bonds is 10. The first-order valence-electron chi connectivity index (χ1n) is 13.8. The van der Waals surface area contributed by atoms with Crippen LogP contribution in [-0.4, -0.2) is 0 Å². The van der Waals surface area contributed by atoms with Crippen LogP contribution in [-0.2, 0) is 0 Å². The molecule has 2 heteroatoms. The SMILES string of the molecule is CCC(C)C(CC)CC(C#N)C[C@@H](C#N)CCC1(C)C(C)CCC2(C)C(C)CCCC21C. The molecule has 0 N–H and O–H groups in total. The van der Waals surface area contributed by atoms with E-state index in [1.807, 2.05) is 0 Å². The number of nitriles is 2. The molecule has 0 spiro atoms. The molecular formula is C30H52N2. The second kappa shape index (κ2) is 10.9. The van der Waals surface area contributed by atoms with Crippen molar-refractivity contribution in [1.29, 1.82) is 10.5 Å². The van der Waals surface area contributed by atoms with Crippen LogP contribution in [0.25, 0.3) is 0 Å². The first kappa shape index (κ1) is 27.2. The molecule has 2 aliphatic carbocycles. The molecule has 2 aliphatic rings. The molecular weight excluding hydrogens is 388 g/mol. The van der Waals surface area contributed by atoms with E-state index in [0.29, 0.717) is 28.6 Å². The highest BCUT2D eigenvalue weighted by molar-refractivity contribution is 5.11. The van der Waals surface area contributed by atoms with Gasteiger partial charge in [0.25, 0.3) is 0 Å². The van der Waals surface area contributed by atoms with Gasteiger partial charge in [0.2, 0.25) is 0 Å². The highest BCUT2D eigenvalue weighted by Gasteiger charge is 2.62. The zero-order chi connectivity index (χ0) is 24.2. The lowest BCUT2D eigenvalue weighted by molar-refractivity contribution is -0.183. The zero-order valence-electron chi connectivity index (χ0n) is 22.6. The molecule has 182 valence electrons. The van der Waals surface area contributed by atoms with Crippen LogP contribution in [0.2, 0.25) is 0 Å². The number of nitrogens with zero attached hydrogens (tertiary/aromatic N) is 2. The summed E-state index contributed by atoms with van der Waals surface area (Å²) in [6.45, 7) is 19.5. The quantitative estimate of drug-likeness (QED) is 0.340. The molecule has 2 saturated carbocycles. The van der Waals surface area contributed by atoms with E-state index in [-0.39, 0.29) is 17.3 Å². The molecule has 2 fully saturated rings. The van der Waals surface area contributed by atoms with Crippen LogP contribution in [0.4, 0.5) is 0 Å². The van der Waals surface area contributed by atoms with Gasteiger partial charge in [-0.1, -0.05) is 81.1 Å². The molecule has 0 radical (unpaired) electrons. The number of hydrogen-bond donors (Lipinski definition) is 0. The standard InChI is InChI=1S/C30H52N2/c1-9-22(3)27(10-2)19-26(21-32)18-25(20-31)14-17-29(7)24(5)13-16-28(6)23(4)12-11-15-30(28,29)8/h22-27H,9-19H2,1-8H3/t22?,23?,24?,25-,26?,27?,28?,29?,30?/m0/s1. The lowest BCUT2D eigenvalue weighted by atomic mass is 9.37. The molecule has 0 heterocycles. The van der Waals surface area contributed by atoms with Gasteiger partial charge >= 0.3 is 0 Å². The summed E-state index contributed by atoms with van der Waals surface area (Å²) in [6, 6.07) is 5.21. The summed E-state index contributed by atoms with van der Waals surface area (Å²) < 4.78 is 0. The minimum atomic E-state index is 0.0101. The molecule has 9 atom stereocenters. The minimum absolute atomic E-state index is 0.0101. The second-order valence-electron chi connectivity index (χ2n) is 12.6. The Morgan fingerprint density at radius 1 is 0.875 bits per heavy atom. The Hall–Kier alpha value is -1.02. The van der Waals surface area contributed by atoms with Crippen LogP contribution < -0.4 is 0 Å². The molecule has 0 aromatic carbocycles. The third kappa shape index (κ3) is 4.91. The highest BCUT2D eigenvalue weighted by atomic mass is 14.7. The number of fused-ring (bicyclic) bond motifs is 1. The molecule has 32 heavy (non-hydrogen) atoms. The molecule has 0 saturated heterocycles. The molecule has 0 aromatic heterocycles. The van der Waals surface area contributed by atoms with E-state index in [1.165, 1.54) is 38.5 Å². The predicted molar refractivity (Wildman–Crippen MR) is 136 cm³/mol. The fourth-order valence-corrected chi connectivity index (χ4v) is 8.03. The third-order valence-electron chi connectivity index (χ3n) is 11.6. The third-order valence-corrected chi connectivity index (χ3v) is 11.6. The Morgan fingerprint density at radius 3 is 2.09 bits per heavy atom. The van der Waals surface area contributed by atoms with Crippen molar-refractivity contribution in [2.45, 2.75) is 126 Å².